The third kappa shape index (κ3) is 2.52. The minimum atomic E-state index is 0.774. The molecule has 0 atom stereocenters. The van der Waals surface area contributed by atoms with Gasteiger partial charge in [-0.2, -0.15) is 0 Å². The SMILES string of the molecule is CCCCc1cscc1OCC. The second kappa shape index (κ2) is 5.20. The average Bonchev–Trinajstić information content (AvgIpc) is 2.50. The van der Waals surface area contributed by atoms with Crippen molar-refractivity contribution in [2.45, 2.75) is 33.1 Å². The molecular weight excluding hydrogens is 168 g/mol. The van der Waals surface area contributed by atoms with E-state index >= 15 is 0 Å². The summed E-state index contributed by atoms with van der Waals surface area (Å²) in [4.78, 5) is 0. The first kappa shape index (κ1) is 9.59. The first-order valence-corrected chi connectivity index (χ1v) is 5.50. The second-order valence-corrected chi connectivity index (χ2v) is 3.54. The van der Waals surface area contributed by atoms with Gasteiger partial charge in [0, 0.05) is 10.9 Å². The Balaban J connectivity index is 2.51. The van der Waals surface area contributed by atoms with Gasteiger partial charge in [0.25, 0.3) is 0 Å². The molecule has 0 radical (unpaired) electrons. The molecule has 0 N–H and O–H groups in total. The van der Waals surface area contributed by atoms with Crippen LogP contribution in [0.15, 0.2) is 10.8 Å². The van der Waals surface area contributed by atoms with E-state index in [0.717, 1.165) is 18.8 Å². The Labute approximate surface area is 78.4 Å². The summed E-state index contributed by atoms with van der Waals surface area (Å²) in [5.41, 5.74) is 1.38. The van der Waals surface area contributed by atoms with Crippen molar-refractivity contribution in [3.63, 3.8) is 0 Å². The van der Waals surface area contributed by atoms with Crippen molar-refractivity contribution in [3.8, 4) is 5.75 Å². The van der Waals surface area contributed by atoms with E-state index in [2.05, 4.69) is 17.7 Å². The van der Waals surface area contributed by atoms with Gasteiger partial charge in [-0.25, -0.2) is 0 Å². The maximum atomic E-state index is 5.48. The fraction of sp³-hybridized carbons (Fsp3) is 0.600. The topological polar surface area (TPSA) is 9.23 Å². The lowest BCUT2D eigenvalue weighted by Gasteiger charge is -2.03. The van der Waals surface area contributed by atoms with Gasteiger partial charge in [-0.3, -0.25) is 0 Å². The van der Waals surface area contributed by atoms with Gasteiger partial charge in [-0.15, -0.1) is 11.3 Å². The third-order valence-electron chi connectivity index (χ3n) is 1.80. The maximum Gasteiger partial charge on any atom is 0.133 e. The second-order valence-electron chi connectivity index (χ2n) is 2.80. The molecule has 1 aromatic heterocycles. The molecule has 0 fully saturated rings. The van der Waals surface area contributed by atoms with Crippen LogP contribution in [0.2, 0.25) is 0 Å². The van der Waals surface area contributed by atoms with Gasteiger partial charge in [0.15, 0.2) is 0 Å². The third-order valence-corrected chi connectivity index (χ3v) is 2.57. The van der Waals surface area contributed by atoms with E-state index in [-0.39, 0.29) is 0 Å². The van der Waals surface area contributed by atoms with Gasteiger partial charge in [0.05, 0.1) is 6.61 Å². The lowest BCUT2D eigenvalue weighted by Crippen LogP contribution is -1.93. The molecule has 1 aromatic rings. The molecule has 0 amide bonds. The monoisotopic (exact) mass is 184 g/mol. The van der Waals surface area contributed by atoms with E-state index in [1.165, 1.54) is 18.4 Å². The van der Waals surface area contributed by atoms with E-state index in [9.17, 15) is 0 Å². The Bertz CT molecular complexity index is 217. The Hall–Kier alpha value is -0.500. The van der Waals surface area contributed by atoms with Crippen LogP contribution >= 0.6 is 11.3 Å². The molecule has 1 heterocycles. The first-order valence-electron chi connectivity index (χ1n) is 4.56. The number of aryl methyl sites for hydroxylation is 1. The number of hydrogen-bond donors (Lipinski definition) is 0. The lowest BCUT2D eigenvalue weighted by molar-refractivity contribution is 0.338. The standard InChI is InChI=1S/C10H16OS/c1-3-5-6-9-7-12-8-10(9)11-4-2/h7-8H,3-6H2,1-2H3. The highest BCUT2D eigenvalue weighted by Gasteiger charge is 2.02. The van der Waals surface area contributed by atoms with E-state index in [4.69, 9.17) is 4.74 Å². The van der Waals surface area contributed by atoms with Crippen molar-refractivity contribution in [1.82, 2.24) is 0 Å². The molecule has 0 aromatic carbocycles. The summed E-state index contributed by atoms with van der Waals surface area (Å²) < 4.78 is 5.48. The minimum Gasteiger partial charge on any atom is -0.493 e. The highest BCUT2D eigenvalue weighted by atomic mass is 32.1. The zero-order valence-corrected chi connectivity index (χ0v) is 8.62. The first-order chi connectivity index (χ1) is 5.88. The molecule has 0 unspecified atom stereocenters. The highest BCUT2D eigenvalue weighted by Crippen LogP contribution is 2.24. The molecule has 12 heavy (non-hydrogen) atoms. The summed E-state index contributed by atoms with van der Waals surface area (Å²) in [7, 11) is 0. The van der Waals surface area contributed by atoms with Crippen molar-refractivity contribution in [2.75, 3.05) is 6.61 Å². The Morgan fingerprint density at radius 1 is 1.33 bits per heavy atom. The van der Waals surface area contributed by atoms with Gasteiger partial charge in [-0.05, 0) is 25.1 Å². The van der Waals surface area contributed by atoms with Crippen LogP contribution in [0.5, 0.6) is 5.75 Å². The number of rotatable bonds is 5. The quantitative estimate of drug-likeness (QED) is 0.680. The summed E-state index contributed by atoms with van der Waals surface area (Å²) in [5, 5.41) is 4.29. The molecule has 0 bridgehead atoms. The van der Waals surface area contributed by atoms with E-state index in [1.807, 2.05) is 6.92 Å². The molecule has 1 rings (SSSR count). The number of hydrogen-bond acceptors (Lipinski definition) is 2. The number of thiophene rings is 1. The van der Waals surface area contributed by atoms with Crippen LogP contribution in [0.4, 0.5) is 0 Å². The summed E-state index contributed by atoms with van der Waals surface area (Å²) in [6.45, 7) is 5.02. The Kier molecular flexibility index (Phi) is 4.15. The molecular formula is C10H16OS. The van der Waals surface area contributed by atoms with Crippen LogP contribution in [0.25, 0.3) is 0 Å². The van der Waals surface area contributed by atoms with Crippen LogP contribution in [0, 0.1) is 0 Å². The molecule has 68 valence electrons. The van der Waals surface area contributed by atoms with Gasteiger partial charge < -0.3 is 4.74 Å². The maximum absolute atomic E-state index is 5.48. The lowest BCUT2D eigenvalue weighted by atomic mass is 10.1. The largest absolute Gasteiger partial charge is 0.493 e. The fourth-order valence-corrected chi connectivity index (χ4v) is 1.95. The van der Waals surface area contributed by atoms with Crippen LogP contribution in [-0.4, -0.2) is 6.61 Å². The van der Waals surface area contributed by atoms with Gasteiger partial charge in [-0.1, -0.05) is 13.3 Å². The van der Waals surface area contributed by atoms with Crippen molar-refractivity contribution < 1.29 is 4.74 Å². The van der Waals surface area contributed by atoms with Gasteiger partial charge >= 0.3 is 0 Å². The Morgan fingerprint density at radius 3 is 2.83 bits per heavy atom. The van der Waals surface area contributed by atoms with Crippen LogP contribution in [0.1, 0.15) is 32.3 Å². The molecule has 2 heteroatoms. The van der Waals surface area contributed by atoms with Gasteiger partial charge in [0.1, 0.15) is 5.75 Å². The normalized spacial score (nSPS) is 10.2. The van der Waals surface area contributed by atoms with Crippen molar-refractivity contribution in [3.05, 3.63) is 16.3 Å². The molecule has 0 aliphatic rings. The average molecular weight is 184 g/mol. The Morgan fingerprint density at radius 2 is 2.17 bits per heavy atom. The number of unbranched alkanes of at least 4 members (excludes halogenated alkanes) is 1. The predicted molar refractivity (Wildman–Crippen MR) is 54.1 cm³/mol. The molecule has 0 saturated heterocycles. The van der Waals surface area contributed by atoms with Crippen LogP contribution < -0.4 is 4.74 Å². The molecule has 0 aliphatic carbocycles. The summed E-state index contributed by atoms with van der Waals surface area (Å²) in [5.74, 6) is 1.09. The minimum absolute atomic E-state index is 0.774. The van der Waals surface area contributed by atoms with Crippen LogP contribution in [-0.2, 0) is 6.42 Å². The summed E-state index contributed by atoms with van der Waals surface area (Å²) in [6, 6.07) is 0. The molecule has 0 spiro atoms. The van der Waals surface area contributed by atoms with Crippen molar-refractivity contribution >= 4 is 11.3 Å². The fourth-order valence-electron chi connectivity index (χ4n) is 1.14. The van der Waals surface area contributed by atoms with Crippen LogP contribution in [0.3, 0.4) is 0 Å². The molecule has 0 aliphatic heterocycles. The smallest absolute Gasteiger partial charge is 0.133 e. The number of ether oxygens (including phenoxy) is 1. The predicted octanol–water partition coefficient (Wildman–Crippen LogP) is 3.49. The molecule has 1 nitrogen and oxygen atoms in total. The summed E-state index contributed by atoms with van der Waals surface area (Å²) >= 11 is 1.73. The van der Waals surface area contributed by atoms with Crippen molar-refractivity contribution in [1.29, 1.82) is 0 Å². The van der Waals surface area contributed by atoms with Gasteiger partial charge in [0.2, 0.25) is 0 Å². The van der Waals surface area contributed by atoms with E-state index < -0.39 is 0 Å². The molecule has 0 saturated carbocycles. The van der Waals surface area contributed by atoms with Crippen molar-refractivity contribution in [2.24, 2.45) is 0 Å². The van der Waals surface area contributed by atoms with E-state index in [0.29, 0.717) is 0 Å². The highest BCUT2D eigenvalue weighted by molar-refractivity contribution is 7.08. The zero-order chi connectivity index (χ0) is 8.81. The summed E-state index contributed by atoms with van der Waals surface area (Å²) in [6.07, 6.45) is 3.67. The zero-order valence-electron chi connectivity index (χ0n) is 7.80. The van der Waals surface area contributed by atoms with E-state index in [1.54, 1.807) is 11.3 Å².